The summed E-state index contributed by atoms with van der Waals surface area (Å²) >= 11 is 9.60. The van der Waals surface area contributed by atoms with Crippen molar-refractivity contribution >= 4 is 39.3 Å². The fourth-order valence-corrected chi connectivity index (χ4v) is 4.19. The van der Waals surface area contributed by atoms with Crippen LogP contribution in [-0.4, -0.2) is 33.1 Å². The molecular weight excluding hydrogens is 554 g/mol. The number of Topliss-reactive ketones (excluding diaryl/α,β-unsaturated/α-hetero) is 1. The van der Waals surface area contributed by atoms with Gasteiger partial charge in [-0.15, -0.1) is 5.10 Å². The van der Waals surface area contributed by atoms with Crippen molar-refractivity contribution in [3.05, 3.63) is 124 Å². The lowest BCUT2D eigenvalue weighted by Gasteiger charge is -2.06. The van der Waals surface area contributed by atoms with E-state index in [0.717, 1.165) is 15.6 Å². The van der Waals surface area contributed by atoms with Gasteiger partial charge in [0.05, 0.1) is 5.69 Å². The number of halogens is 2. The van der Waals surface area contributed by atoms with E-state index in [4.69, 9.17) is 16.3 Å². The second kappa shape index (κ2) is 10.9. The molecule has 0 saturated carbocycles. The molecule has 0 aliphatic carbocycles. The van der Waals surface area contributed by atoms with Crippen LogP contribution in [-0.2, 0) is 4.74 Å². The van der Waals surface area contributed by atoms with Crippen molar-refractivity contribution in [1.82, 2.24) is 14.8 Å². The van der Waals surface area contributed by atoms with Gasteiger partial charge >= 0.3 is 5.97 Å². The van der Waals surface area contributed by atoms with Crippen LogP contribution in [0.25, 0.3) is 28.2 Å². The average Bonchev–Trinajstić information content (AvgIpc) is 3.38. The molecule has 0 saturated heterocycles. The van der Waals surface area contributed by atoms with E-state index in [-0.39, 0.29) is 11.6 Å². The molecule has 5 rings (SSSR count). The molecule has 1 heterocycles. The van der Waals surface area contributed by atoms with E-state index < -0.39 is 12.6 Å². The molecule has 5 aromatic rings. The van der Waals surface area contributed by atoms with Gasteiger partial charge in [-0.05, 0) is 47.5 Å². The summed E-state index contributed by atoms with van der Waals surface area (Å²) in [5, 5.41) is 4.90. The third kappa shape index (κ3) is 5.69. The normalized spacial score (nSPS) is 10.8. The number of hydrogen-bond acceptors (Lipinski definition) is 5. The predicted octanol–water partition coefficient (Wildman–Crippen LogP) is 7.06. The highest BCUT2D eigenvalue weighted by Crippen LogP contribution is 2.25. The molecule has 0 bridgehead atoms. The van der Waals surface area contributed by atoms with Crippen LogP contribution in [0.2, 0.25) is 5.02 Å². The van der Waals surface area contributed by atoms with Crippen LogP contribution in [0.4, 0.5) is 0 Å². The molecule has 0 atom stereocenters. The lowest BCUT2D eigenvalue weighted by Crippen LogP contribution is -2.15. The van der Waals surface area contributed by atoms with E-state index in [1.165, 1.54) is 0 Å². The highest BCUT2D eigenvalue weighted by Gasteiger charge is 2.21. The second-order valence-electron chi connectivity index (χ2n) is 8.10. The van der Waals surface area contributed by atoms with E-state index in [1.54, 1.807) is 35.0 Å². The molecule has 0 amide bonds. The van der Waals surface area contributed by atoms with Crippen molar-refractivity contribution in [3.63, 3.8) is 0 Å². The molecule has 0 aliphatic rings. The number of carbonyl (C=O) groups excluding carboxylic acids is 2. The van der Waals surface area contributed by atoms with Crippen LogP contribution in [0.5, 0.6) is 0 Å². The molecule has 0 N–H and O–H groups in total. The quantitative estimate of drug-likeness (QED) is 0.154. The first kappa shape index (κ1) is 24.6. The molecule has 0 spiro atoms. The summed E-state index contributed by atoms with van der Waals surface area (Å²) < 4.78 is 7.72. The predicted molar refractivity (Wildman–Crippen MR) is 146 cm³/mol. The summed E-state index contributed by atoms with van der Waals surface area (Å²) in [4.78, 5) is 29.9. The van der Waals surface area contributed by atoms with Crippen molar-refractivity contribution in [1.29, 1.82) is 0 Å². The highest BCUT2D eigenvalue weighted by atomic mass is 79.9. The van der Waals surface area contributed by atoms with Gasteiger partial charge in [0.15, 0.2) is 18.2 Å². The van der Waals surface area contributed by atoms with Gasteiger partial charge in [-0.25, -0.2) is 14.5 Å². The van der Waals surface area contributed by atoms with Crippen LogP contribution < -0.4 is 0 Å². The number of rotatable bonds is 7. The van der Waals surface area contributed by atoms with Gasteiger partial charge < -0.3 is 4.74 Å². The number of hydrogen-bond donors (Lipinski definition) is 0. The van der Waals surface area contributed by atoms with E-state index in [2.05, 4.69) is 26.0 Å². The molecule has 0 unspecified atom stereocenters. The van der Waals surface area contributed by atoms with Crippen LogP contribution >= 0.6 is 27.5 Å². The molecule has 6 nitrogen and oxygen atoms in total. The van der Waals surface area contributed by atoms with Gasteiger partial charge in [-0.2, -0.15) is 0 Å². The zero-order valence-corrected chi connectivity index (χ0v) is 21.7. The van der Waals surface area contributed by atoms with Gasteiger partial charge in [0.1, 0.15) is 0 Å². The van der Waals surface area contributed by atoms with Crippen LogP contribution in [0.3, 0.4) is 0 Å². The standard InChI is InChI=1S/C29H19BrClN3O3/c30-23-13-15-25(16-14-23)34-28(22-7-4-8-24(31)17-22)32-27(33-34)29(36)37-18-26(35)21-11-9-20(10-12-21)19-5-2-1-3-6-19/h1-17H,18H2. The number of aromatic nitrogens is 3. The van der Waals surface area contributed by atoms with Crippen LogP contribution in [0.15, 0.2) is 108 Å². The highest BCUT2D eigenvalue weighted by molar-refractivity contribution is 9.10. The van der Waals surface area contributed by atoms with Crippen molar-refractivity contribution in [3.8, 4) is 28.2 Å². The largest absolute Gasteiger partial charge is 0.451 e. The van der Waals surface area contributed by atoms with Gasteiger partial charge in [-0.3, -0.25) is 4.79 Å². The third-order valence-corrected chi connectivity index (χ3v) is 6.36. The van der Waals surface area contributed by atoms with E-state index in [0.29, 0.717) is 27.7 Å². The minimum atomic E-state index is -0.798. The van der Waals surface area contributed by atoms with Crippen molar-refractivity contribution in [2.45, 2.75) is 0 Å². The van der Waals surface area contributed by atoms with E-state index in [9.17, 15) is 9.59 Å². The van der Waals surface area contributed by atoms with Gasteiger partial charge in [0.25, 0.3) is 5.82 Å². The molecule has 0 fully saturated rings. The first-order valence-corrected chi connectivity index (χ1v) is 12.5. The van der Waals surface area contributed by atoms with Crippen molar-refractivity contribution < 1.29 is 14.3 Å². The molecule has 1 aromatic heterocycles. The third-order valence-electron chi connectivity index (χ3n) is 5.59. The van der Waals surface area contributed by atoms with Gasteiger partial charge in [0, 0.05) is 20.6 Å². The first-order chi connectivity index (χ1) is 18.0. The lowest BCUT2D eigenvalue weighted by molar-refractivity contribution is 0.0462. The number of esters is 1. The number of benzene rings is 4. The van der Waals surface area contributed by atoms with E-state index >= 15 is 0 Å². The summed E-state index contributed by atoms with van der Waals surface area (Å²) in [6.45, 7) is -0.428. The summed E-state index contributed by atoms with van der Waals surface area (Å²) in [5.41, 5.74) is 3.86. The van der Waals surface area contributed by atoms with Crippen molar-refractivity contribution in [2.24, 2.45) is 0 Å². The van der Waals surface area contributed by atoms with Crippen LogP contribution in [0.1, 0.15) is 21.0 Å². The summed E-state index contributed by atoms with van der Waals surface area (Å²) in [6, 6.07) is 31.5. The molecular formula is C29H19BrClN3O3. The smallest absolute Gasteiger partial charge is 0.378 e. The maximum absolute atomic E-state index is 12.8. The Morgan fingerprint density at radius 1 is 0.811 bits per heavy atom. The Morgan fingerprint density at radius 2 is 1.49 bits per heavy atom. The Bertz CT molecular complexity index is 1570. The Balaban J connectivity index is 1.34. The Hall–Kier alpha value is -4.07. The molecule has 4 aromatic carbocycles. The maximum atomic E-state index is 12.8. The number of carbonyl (C=O) groups is 2. The molecule has 0 aliphatic heterocycles. The number of ether oxygens (including phenoxy) is 1. The Labute approximate surface area is 226 Å². The molecule has 8 heteroatoms. The SMILES string of the molecule is O=C(COC(=O)c1nc(-c2cccc(Cl)c2)n(-c2ccc(Br)cc2)n1)c1ccc(-c2ccccc2)cc1. The van der Waals surface area contributed by atoms with Crippen molar-refractivity contribution in [2.75, 3.05) is 6.61 Å². The Morgan fingerprint density at radius 3 is 2.19 bits per heavy atom. The molecule has 37 heavy (non-hydrogen) atoms. The minimum Gasteiger partial charge on any atom is -0.451 e. The maximum Gasteiger partial charge on any atom is 0.378 e. The zero-order chi connectivity index (χ0) is 25.8. The summed E-state index contributed by atoms with van der Waals surface area (Å²) in [6.07, 6.45) is 0. The first-order valence-electron chi connectivity index (χ1n) is 11.3. The van der Waals surface area contributed by atoms with Crippen LogP contribution in [0, 0.1) is 0 Å². The molecule has 182 valence electrons. The lowest BCUT2D eigenvalue weighted by atomic mass is 10.0. The fourth-order valence-electron chi connectivity index (χ4n) is 3.73. The Kier molecular flexibility index (Phi) is 7.25. The summed E-state index contributed by atoms with van der Waals surface area (Å²) in [7, 11) is 0. The second-order valence-corrected chi connectivity index (χ2v) is 9.45. The number of ketones is 1. The zero-order valence-electron chi connectivity index (χ0n) is 19.3. The van der Waals surface area contributed by atoms with Gasteiger partial charge in [-0.1, -0.05) is 94.3 Å². The molecule has 0 radical (unpaired) electrons. The van der Waals surface area contributed by atoms with Gasteiger partial charge in [0.2, 0.25) is 0 Å². The topological polar surface area (TPSA) is 74.1 Å². The average molecular weight is 573 g/mol. The fraction of sp³-hybridized carbons (Fsp3) is 0.0345. The minimum absolute atomic E-state index is 0.162. The van der Waals surface area contributed by atoms with E-state index in [1.807, 2.05) is 72.8 Å². The monoisotopic (exact) mass is 571 g/mol. The summed E-state index contributed by atoms with van der Waals surface area (Å²) in [5.74, 6) is -0.867. The number of nitrogens with zero attached hydrogens (tertiary/aromatic N) is 3.